The second kappa shape index (κ2) is 10.6. The zero-order chi connectivity index (χ0) is 22.9. The van der Waals surface area contributed by atoms with Crippen LogP contribution in [-0.2, 0) is 9.53 Å². The number of alkyl halides is 1. The van der Waals surface area contributed by atoms with Gasteiger partial charge >= 0.3 is 0 Å². The number of ether oxygens (including phenoxy) is 1. The lowest BCUT2D eigenvalue weighted by molar-refractivity contribution is -0.128. The number of likely N-dealkylation sites (tertiary alicyclic amines) is 2. The molecule has 0 saturated carbocycles. The minimum absolute atomic E-state index is 0.0126. The zero-order valence-corrected chi connectivity index (χ0v) is 20.5. The Hall–Kier alpha value is -0.560. The van der Waals surface area contributed by atoms with Gasteiger partial charge in [0.1, 0.15) is 0 Å². The van der Waals surface area contributed by atoms with Gasteiger partial charge in [0, 0.05) is 65.0 Å². The van der Waals surface area contributed by atoms with Crippen LogP contribution in [0.3, 0.4) is 0 Å². The molecule has 1 amide bonds. The van der Waals surface area contributed by atoms with Gasteiger partial charge in [-0.3, -0.25) is 19.9 Å². The molecular weight excluding hydrogens is 444 g/mol. The van der Waals surface area contributed by atoms with Crippen molar-refractivity contribution in [1.29, 1.82) is 0 Å². The van der Waals surface area contributed by atoms with Gasteiger partial charge in [0.05, 0.1) is 35.8 Å². The maximum atomic E-state index is 13.4. The number of piperidine rings is 2. The molecule has 5 fully saturated rings. The highest BCUT2D eigenvalue weighted by molar-refractivity contribution is 6.21. The molecule has 7 atom stereocenters. The Bertz CT molecular complexity index is 681. The van der Waals surface area contributed by atoms with Crippen molar-refractivity contribution in [1.82, 2.24) is 36.2 Å². The number of methoxy groups -OCH3 is 1. The summed E-state index contributed by atoms with van der Waals surface area (Å²) in [6.45, 7) is 7.58. The van der Waals surface area contributed by atoms with Crippen LogP contribution in [0.25, 0.3) is 0 Å². The van der Waals surface area contributed by atoms with E-state index in [1.54, 1.807) is 0 Å². The summed E-state index contributed by atoms with van der Waals surface area (Å²) < 4.78 is 5.56. The van der Waals surface area contributed by atoms with E-state index in [-0.39, 0.29) is 29.4 Å². The first-order chi connectivity index (χ1) is 16.0. The number of hydrogen-bond donors (Lipinski definition) is 5. The number of nitrogens with two attached hydrogens (primary N) is 1. The van der Waals surface area contributed by atoms with E-state index in [4.69, 9.17) is 22.1 Å². The fourth-order valence-corrected chi connectivity index (χ4v) is 6.79. The van der Waals surface area contributed by atoms with Crippen LogP contribution >= 0.6 is 11.6 Å². The molecule has 5 aliphatic rings. The number of nitrogens with zero attached hydrogens (tertiary/aromatic N) is 3. The second-order valence-corrected chi connectivity index (χ2v) is 11.0. The molecule has 6 N–H and O–H groups in total. The molecule has 0 aromatic rings. The van der Waals surface area contributed by atoms with Gasteiger partial charge in [-0.2, -0.15) is 0 Å². The van der Waals surface area contributed by atoms with Crippen LogP contribution in [0.1, 0.15) is 25.7 Å². The van der Waals surface area contributed by atoms with Crippen molar-refractivity contribution in [2.45, 2.75) is 67.6 Å². The van der Waals surface area contributed by atoms with E-state index in [2.05, 4.69) is 31.2 Å². The summed E-state index contributed by atoms with van der Waals surface area (Å²) in [7, 11) is 1.83. The van der Waals surface area contributed by atoms with Gasteiger partial charge in [0.2, 0.25) is 5.91 Å². The Labute approximate surface area is 202 Å². The molecule has 5 rings (SSSR count). The molecular formula is C22H41ClN8O2. The average molecular weight is 485 g/mol. The number of carbonyl (C=O) groups excluding carboxylic acids is 1. The van der Waals surface area contributed by atoms with Crippen LogP contribution in [0.2, 0.25) is 0 Å². The summed E-state index contributed by atoms with van der Waals surface area (Å²) in [6.07, 6.45) is 4.47. The van der Waals surface area contributed by atoms with Gasteiger partial charge < -0.3 is 21.1 Å². The molecule has 33 heavy (non-hydrogen) atoms. The lowest BCUT2D eigenvalue weighted by Crippen LogP contribution is -2.64. The monoisotopic (exact) mass is 484 g/mol. The fraction of sp³-hybridized carbons (Fsp3) is 0.955. The average Bonchev–Trinajstić information content (AvgIpc) is 3.43. The van der Waals surface area contributed by atoms with E-state index < -0.39 is 6.17 Å². The summed E-state index contributed by atoms with van der Waals surface area (Å²) in [5.74, 6) is -0.314. The summed E-state index contributed by atoms with van der Waals surface area (Å²) in [5, 5.41) is 12.3. The largest absolute Gasteiger partial charge is 0.380 e. The quantitative estimate of drug-likeness (QED) is 0.291. The molecule has 7 unspecified atom stereocenters. The van der Waals surface area contributed by atoms with E-state index in [1.165, 1.54) is 12.8 Å². The minimum atomic E-state index is -0.411. The van der Waals surface area contributed by atoms with Crippen LogP contribution in [0.5, 0.6) is 0 Å². The molecule has 5 saturated heterocycles. The lowest BCUT2D eigenvalue weighted by Gasteiger charge is -2.45. The second-order valence-electron chi connectivity index (χ2n) is 10.4. The summed E-state index contributed by atoms with van der Waals surface area (Å²) >= 11 is 6.28. The minimum Gasteiger partial charge on any atom is -0.380 e. The number of nitrogens with one attached hydrogen (secondary N) is 4. The van der Waals surface area contributed by atoms with E-state index in [9.17, 15) is 4.79 Å². The molecule has 0 aromatic carbocycles. The van der Waals surface area contributed by atoms with E-state index in [0.29, 0.717) is 31.3 Å². The number of hydrazine groups is 1. The van der Waals surface area contributed by atoms with Gasteiger partial charge in [-0.25, -0.2) is 10.4 Å². The van der Waals surface area contributed by atoms with Gasteiger partial charge in [0.25, 0.3) is 0 Å². The Kier molecular flexibility index (Phi) is 7.75. The SMILES string of the molecule is COC1CCN(C2CCN(C3CCNCC3NC(=O)C3C(N)NN4CC(Cl)CNC34)CC2)C1. The molecule has 10 nitrogen and oxygen atoms in total. The molecule has 0 spiro atoms. The van der Waals surface area contributed by atoms with E-state index in [1.807, 2.05) is 12.1 Å². The van der Waals surface area contributed by atoms with Gasteiger partial charge in [-0.05, 0) is 32.2 Å². The zero-order valence-electron chi connectivity index (χ0n) is 19.7. The molecule has 188 valence electrons. The Balaban J connectivity index is 1.16. The van der Waals surface area contributed by atoms with Crippen LogP contribution in [0.4, 0.5) is 0 Å². The smallest absolute Gasteiger partial charge is 0.229 e. The van der Waals surface area contributed by atoms with E-state index >= 15 is 0 Å². The van der Waals surface area contributed by atoms with Crippen LogP contribution in [-0.4, -0.2) is 122 Å². The highest BCUT2D eigenvalue weighted by Gasteiger charge is 2.47. The predicted molar refractivity (Wildman–Crippen MR) is 128 cm³/mol. The molecule has 0 aromatic heterocycles. The number of hydrogen-bond acceptors (Lipinski definition) is 9. The van der Waals surface area contributed by atoms with Crippen molar-refractivity contribution >= 4 is 17.5 Å². The molecule has 5 heterocycles. The standard InChI is InChI=1S/C22H41ClN8O2/c1-33-16-5-9-30(13-16)15-3-7-29(8-4-15)18-2-6-25-11-17(18)27-22(32)19-20(24)28-31-12-14(23)10-26-21(19)31/h14-21,25-26,28H,2-13,24H2,1H3,(H,27,32). The van der Waals surface area contributed by atoms with Crippen molar-refractivity contribution in [2.24, 2.45) is 11.7 Å². The van der Waals surface area contributed by atoms with Crippen LogP contribution in [0.15, 0.2) is 0 Å². The van der Waals surface area contributed by atoms with Crippen molar-refractivity contribution in [3.05, 3.63) is 0 Å². The van der Waals surface area contributed by atoms with Crippen molar-refractivity contribution in [3.8, 4) is 0 Å². The molecule has 0 radical (unpaired) electrons. The van der Waals surface area contributed by atoms with Crippen LogP contribution < -0.4 is 27.1 Å². The first kappa shape index (κ1) is 24.1. The van der Waals surface area contributed by atoms with E-state index in [0.717, 1.165) is 52.1 Å². The normalized spacial score (nSPS) is 41.8. The molecule has 5 aliphatic heterocycles. The summed E-state index contributed by atoms with van der Waals surface area (Å²) in [5.41, 5.74) is 9.56. The van der Waals surface area contributed by atoms with Gasteiger partial charge in [-0.1, -0.05) is 0 Å². The number of amides is 1. The maximum Gasteiger partial charge on any atom is 0.229 e. The highest BCUT2D eigenvalue weighted by Crippen LogP contribution is 2.26. The Morgan fingerprint density at radius 2 is 1.88 bits per heavy atom. The van der Waals surface area contributed by atoms with Gasteiger partial charge in [-0.15, -0.1) is 11.6 Å². The first-order valence-electron chi connectivity index (χ1n) is 12.7. The number of fused-ring (bicyclic) bond motifs is 1. The van der Waals surface area contributed by atoms with Crippen LogP contribution in [0, 0.1) is 5.92 Å². The van der Waals surface area contributed by atoms with Crippen molar-refractivity contribution in [2.75, 3.05) is 59.5 Å². The lowest BCUT2D eigenvalue weighted by atomic mass is 9.93. The first-order valence-corrected chi connectivity index (χ1v) is 13.1. The maximum absolute atomic E-state index is 13.4. The number of rotatable bonds is 5. The summed E-state index contributed by atoms with van der Waals surface area (Å²) in [4.78, 5) is 18.6. The fourth-order valence-electron chi connectivity index (χ4n) is 6.55. The molecule has 0 aliphatic carbocycles. The van der Waals surface area contributed by atoms with Crippen molar-refractivity contribution < 1.29 is 9.53 Å². The predicted octanol–water partition coefficient (Wildman–Crippen LogP) is -1.72. The Morgan fingerprint density at radius 3 is 2.64 bits per heavy atom. The third-order valence-electron chi connectivity index (χ3n) is 8.39. The molecule has 11 heteroatoms. The number of halogens is 1. The Morgan fingerprint density at radius 1 is 1.09 bits per heavy atom. The van der Waals surface area contributed by atoms with Gasteiger partial charge in [0.15, 0.2) is 0 Å². The molecule has 0 bridgehead atoms. The third-order valence-corrected chi connectivity index (χ3v) is 8.68. The van der Waals surface area contributed by atoms with Crippen molar-refractivity contribution in [3.63, 3.8) is 0 Å². The number of carbonyl (C=O) groups is 1. The highest BCUT2D eigenvalue weighted by atomic mass is 35.5. The third kappa shape index (κ3) is 5.19. The summed E-state index contributed by atoms with van der Waals surface area (Å²) in [6, 6.07) is 1.13. The topological polar surface area (TPSA) is 110 Å².